The SMILES string of the molecule is NC1(C(=O)Nc2cccc(-c3cccs3)c2)CCOCC1. The van der Waals surface area contributed by atoms with Gasteiger partial charge in [0.25, 0.3) is 0 Å². The number of amides is 1. The smallest absolute Gasteiger partial charge is 0.244 e. The fourth-order valence-corrected chi connectivity index (χ4v) is 3.14. The van der Waals surface area contributed by atoms with Crippen molar-refractivity contribution in [1.82, 2.24) is 0 Å². The van der Waals surface area contributed by atoms with Crippen molar-refractivity contribution >= 4 is 22.9 Å². The lowest BCUT2D eigenvalue weighted by molar-refractivity contribution is -0.124. The van der Waals surface area contributed by atoms with Gasteiger partial charge in [-0.2, -0.15) is 0 Å². The molecule has 1 aliphatic rings. The van der Waals surface area contributed by atoms with Gasteiger partial charge in [0.15, 0.2) is 0 Å². The number of nitrogens with two attached hydrogens (primary N) is 1. The fraction of sp³-hybridized carbons (Fsp3) is 0.312. The molecule has 3 rings (SSSR count). The molecule has 1 saturated heterocycles. The highest BCUT2D eigenvalue weighted by molar-refractivity contribution is 7.13. The van der Waals surface area contributed by atoms with Crippen LogP contribution < -0.4 is 11.1 Å². The minimum atomic E-state index is -0.822. The molecule has 0 unspecified atom stereocenters. The van der Waals surface area contributed by atoms with Crippen LogP contribution in [0.5, 0.6) is 0 Å². The van der Waals surface area contributed by atoms with Crippen LogP contribution in [0.15, 0.2) is 41.8 Å². The van der Waals surface area contributed by atoms with Gasteiger partial charge >= 0.3 is 0 Å². The molecule has 0 saturated carbocycles. The summed E-state index contributed by atoms with van der Waals surface area (Å²) in [7, 11) is 0. The van der Waals surface area contributed by atoms with Gasteiger partial charge in [0, 0.05) is 23.8 Å². The quantitative estimate of drug-likeness (QED) is 0.916. The summed E-state index contributed by atoms with van der Waals surface area (Å²) in [6, 6.07) is 11.9. The van der Waals surface area contributed by atoms with Crippen molar-refractivity contribution in [1.29, 1.82) is 0 Å². The van der Waals surface area contributed by atoms with Gasteiger partial charge in [-0.05, 0) is 42.0 Å². The second-order valence-corrected chi connectivity index (χ2v) is 6.23. The zero-order chi connectivity index (χ0) is 14.7. The number of hydrogen-bond acceptors (Lipinski definition) is 4. The van der Waals surface area contributed by atoms with Gasteiger partial charge in [0.2, 0.25) is 5.91 Å². The molecule has 0 spiro atoms. The Balaban J connectivity index is 1.76. The highest BCUT2D eigenvalue weighted by Crippen LogP contribution is 2.27. The van der Waals surface area contributed by atoms with Gasteiger partial charge in [-0.1, -0.05) is 18.2 Å². The summed E-state index contributed by atoms with van der Waals surface area (Å²) in [5.74, 6) is -0.130. The molecular formula is C16H18N2O2S. The maximum Gasteiger partial charge on any atom is 0.244 e. The van der Waals surface area contributed by atoms with Gasteiger partial charge in [-0.3, -0.25) is 4.79 Å². The molecule has 0 radical (unpaired) electrons. The monoisotopic (exact) mass is 302 g/mol. The van der Waals surface area contributed by atoms with Crippen LogP contribution in [0.2, 0.25) is 0 Å². The molecule has 0 bridgehead atoms. The van der Waals surface area contributed by atoms with E-state index in [1.807, 2.05) is 35.7 Å². The van der Waals surface area contributed by atoms with Crippen LogP contribution in [0.1, 0.15) is 12.8 Å². The first-order valence-electron chi connectivity index (χ1n) is 6.99. The third-order valence-corrected chi connectivity index (χ3v) is 4.68. The standard InChI is InChI=1S/C16H18N2O2S/c17-16(6-8-20-9-7-16)15(19)18-13-4-1-3-12(11-13)14-5-2-10-21-14/h1-5,10-11H,6-9,17H2,(H,18,19). The normalized spacial score (nSPS) is 17.4. The predicted octanol–water partition coefficient (Wildman–Crippen LogP) is 2.86. The summed E-state index contributed by atoms with van der Waals surface area (Å²) in [6.45, 7) is 1.08. The minimum absolute atomic E-state index is 0.130. The number of nitrogens with one attached hydrogen (secondary N) is 1. The Bertz CT molecular complexity index is 619. The molecule has 1 aliphatic heterocycles. The Morgan fingerprint density at radius 3 is 2.76 bits per heavy atom. The van der Waals surface area contributed by atoms with E-state index in [4.69, 9.17) is 10.5 Å². The third-order valence-electron chi connectivity index (χ3n) is 3.76. The molecule has 1 aromatic heterocycles. The first kappa shape index (κ1) is 14.3. The zero-order valence-electron chi connectivity index (χ0n) is 11.7. The van der Waals surface area contributed by atoms with Gasteiger partial charge in [0.1, 0.15) is 5.54 Å². The van der Waals surface area contributed by atoms with Crippen molar-refractivity contribution in [2.75, 3.05) is 18.5 Å². The Morgan fingerprint density at radius 1 is 1.24 bits per heavy atom. The van der Waals surface area contributed by atoms with E-state index in [0.717, 1.165) is 11.3 Å². The molecule has 110 valence electrons. The summed E-state index contributed by atoms with van der Waals surface area (Å²) in [4.78, 5) is 13.6. The topological polar surface area (TPSA) is 64.4 Å². The van der Waals surface area contributed by atoms with Gasteiger partial charge < -0.3 is 15.8 Å². The van der Waals surface area contributed by atoms with Crippen LogP contribution in [0.3, 0.4) is 0 Å². The highest BCUT2D eigenvalue weighted by atomic mass is 32.1. The maximum atomic E-state index is 12.4. The number of rotatable bonds is 3. The van der Waals surface area contributed by atoms with E-state index in [1.54, 1.807) is 11.3 Å². The van der Waals surface area contributed by atoms with Gasteiger partial charge in [-0.25, -0.2) is 0 Å². The second kappa shape index (κ2) is 5.97. The van der Waals surface area contributed by atoms with Crippen LogP contribution in [-0.2, 0) is 9.53 Å². The van der Waals surface area contributed by atoms with E-state index in [0.29, 0.717) is 26.1 Å². The Labute approximate surface area is 127 Å². The highest BCUT2D eigenvalue weighted by Gasteiger charge is 2.35. The number of anilines is 1. The maximum absolute atomic E-state index is 12.4. The average Bonchev–Trinajstić information content (AvgIpc) is 3.02. The van der Waals surface area contributed by atoms with Gasteiger partial charge in [0.05, 0.1) is 0 Å². The molecule has 4 nitrogen and oxygen atoms in total. The van der Waals surface area contributed by atoms with E-state index in [1.165, 1.54) is 4.88 Å². The van der Waals surface area contributed by atoms with Crippen LogP contribution >= 0.6 is 11.3 Å². The number of benzene rings is 1. The van der Waals surface area contributed by atoms with Crippen LogP contribution in [0.25, 0.3) is 10.4 Å². The number of hydrogen-bond donors (Lipinski definition) is 2. The minimum Gasteiger partial charge on any atom is -0.381 e. The molecule has 1 amide bonds. The molecule has 1 fully saturated rings. The average molecular weight is 302 g/mol. The van der Waals surface area contributed by atoms with E-state index < -0.39 is 5.54 Å². The first-order chi connectivity index (χ1) is 10.2. The molecule has 21 heavy (non-hydrogen) atoms. The number of thiophene rings is 1. The lowest BCUT2D eigenvalue weighted by atomic mass is 9.90. The van der Waals surface area contributed by atoms with E-state index in [-0.39, 0.29) is 5.91 Å². The third kappa shape index (κ3) is 3.15. The first-order valence-corrected chi connectivity index (χ1v) is 7.87. The van der Waals surface area contributed by atoms with Crippen molar-refractivity contribution in [3.8, 4) is 10.4 Å². The molecule has 5 heteroatoms. The summed E-state index contributed by atoms with van der Waals surface area (Å²) < 4.78 is 5.27. The van der Waals surface area contributed by atoms with Crippen molar-refractivity contribution < 1.29 is 9.53 Å². The summed E-state index contributed by atoms with van der Waals surface area (Å²) >= 11 is 1.68. The van der Waals surface area contributed by atoms with Crippen molar-refractivity contribution in [3.63, 3.8) is 0 Å². The summed E-state index contributed by atoms with van der Waals surface area (Å²) in [5.41, 5.74) is 7.25. The molecule has 1 aromatic carbocycles. The Kier molecular flexibility index (Phi) is 4.05. The van der Waals surface area contributed by atoms with Gasteiger partial charge in [-0.15, -0.1) is 11.3 Å². The number of ether oxygens (including phenoxy) is 1. The van der Waals surface area contributed by atoms with Crippen molar-refractivity contribution in [2.24, 2.45) is 5.73 Å². The van der Waals surface area contributed by atoms with Crippen LogP contribution in [0, 0.1) is 0 Å². The Hall–Kier alpha value is -1.69. The van der Waals surface area contributed by atoms with Crippen LogP contribution in [0.4, 0.5) is 5.69 Å². The van der Waals surface area contributed by atoms with Crippen LogP contribution in [-0.4, -0.2) is 24.7 Å². The fourth-order valence-electron chi connectivity index (χ4n) is 2.41. The summed E-state index contributed by atoms with van der Waals surface area (Å²) in [6.07, 6.45) is 1.12. The van der Waals surface area contributed by atoms with Crippen molar-refractivity contribution in [3.05, 3.63) is 41.8 Å². The predicted molar refractivity (Wildman–Crippen MR) is 85.4 cm³/mol. The van der Waals surface area contributed by atoms with E-state index >= 15 is 0 Å². The largest absolute Gasteiger partial charge is 0.381 e. The van der Waals surface area contributed by atoms with E-state index in [2.05, 4.69) is 11.4 Å². The van der Waals surface area contributed by atoms with Crippen molar-refractivity contribution in [2.45, 2.75) is 18.4 Å². The molecule has 2 aromatic rings. The molecular weight excluding hydrogens is 284 g/mol. The second-order valence-electron chi connectivity index (χ2n) is 5.28. The lowest BCUT2D eigenvalue weighted by Crippen LogP contribution is -2.54. The molecule has 0 aliphatic carbocycles. The number of carbonyl (C=O) groups is 1. The molecule has 2 heterocycles. The summed E-state index contributed by atoms with van der Waals surface area (Å²) in [5, 5.41) is 4.98. The lowest BCUT2D eigenvalue weighted by Gasteiger charge is -2.31. The number of carbonyl (C=O) groups excluding carboxylic acids is 1. The Morgan fingerprint density at radius 2 is 2.05 bits per heavy atom. The molecule has 3 N–H and O–H groups in total. The molecule has 0 atom stereocenters. The van der Waals surface area contributed by atoms with E-state index in [9.17, 15) is 4.79 Å². The zero-order valence-corrected chi connectivity index (χ0v) is 12.5.